The van der Waals surface area contributed by atoms with Crippen LogP contribution in [0.15, 0.2) is 78.9 Å². The van der Waals surface area contributed by atoms with E-state index in [0.717, 1.165) is 28.1 Å². The number of rotatable bonds is 13. The van der Waals surface area contributed by atoms with E-state index < -0.39 is 28.5 Å². The van der Waals surface area contributed by atoms with Gasteiger partial charge in [-0.2, -0.15) is 0 Å². The Kier molecular flexibility index (Phi) is 10.7. The Bertz CT molecular complexity index is 1380. The number of hydrogen-bond donors (Lipinski definition) is 1. The maximum Gasteiger partial charge on any atom is 0.244 e. The fourth-order valence-corrected chi connectivity index (χ4v) is 5.14. The molecule has 0 saturated carbocycles. The van der Waals surface area contributed by atoms with Crippen molar-refractivity contribution in [2.45, 2.75) is 59.2 Å². The molecule has 9 heteroatoms. The number of carbonyl (C=O) groups excluding carboxylic acids is 2. The van der Waals surface area contributed by atoms with Crippen LogP contribution in [0.1, 0.15) is 44.7 Å². The van der Waals surface area contributed by atoms with E-state index in [1.54, 1.807) is 24.3 Å². The molecule has 0 aliphatic carbocycles. The molecule has 3 rings (SSSR count). The van der Waals surface area contributed by atoms with E-state index >= 15 is 0 Å². The number of sulfonamides is 1. The molecule has 0 saturated heterocycles. The lowest BCUT2D eigenvalue weighted by molar-refractivity contribution is -0.140. The number of nitrogens with zero attached hydrogens (tertiary/aromatic N) is 2. The van der Waals surface area contributed by atoms with Gasteiger partial charge in [-0.3, -0.25) is 13.9 Å². The molecule has 2 amide bonds. The van der Waals surface area contributed by atoms with Crippen molar-refractivity contribution in [3.63, 3.8) is 0 Å². The van der Waals surface area contributed by atoms with E-state index in [-0.39, 0.29) is 18.5 Å². The van der Waals surface area contributed by atoms with Crippen LogP contribution in [-0.4, -0.2) is 50.0 Å². The minimum absolute atomic E-state index is 0.0541. The normalized spacial score (nSPS) is 12.7. The van der Waals surface area contributed by atoms with E-state index in [4.69, 9.17) is 4.74 Å². The molecule has 3 aromatic carbocycles. The lowest BCUT2D eigenvalue weighted by atomic mass is 10.1. The Morgan fingerprint density at radius 2 is 1.55 bits per heavy atom. The summed E-state index contributed by atoms with van der Waals surface area (Å²) >= 11 is 0. The molecule has 8 nitrogen and oxygen atoms in total. The Morgan fingerprint density at radius 1 is 0.900 bits per heavy atom. The van der Waals surface area contributed by atoms with Gasteiger partial charge in [0.15, 0.2) is 0 Å². The molecule has 0 unspecified atom stereocenters. The molecule has 0 bridgehead atoms. The van der Waals surface area contributed by atoms with Crippen molar-refractivity contribution in [3.8, 4) is 11.5 Å². The summed E-state index contributed by atoms with van der Waals surface area (Å²) in [5.74, 6) is 0.455. The highest BCUT2D eigenvalue weighted by atomic mass is 32.2. The SMILES string of the molecule is CC[C@H](C)NC(=O)[C@H](CC)N(Cc1cccc(C)c1)C(=O)CN(c1ccc(Oc2ccccc2)cc1)S(C)(=O)=O. The first kappa shape index (κ1) is 30.7. The number of para-hydroxylation sites is 1. The van der Waals surface area contributed by atoms with E-state index in [1.165, 1.54) is 4.90 Å². The average molecular weight is 566 g/mol. The predicted molar refractivity (Wildman–Crippen MR) is 159 cm³/mol. The van der Waals surface area contributed by atoms with Gasteiger partial charge in [-0.25, -0.2) is 8.42 Å². The minimum atomic E-state index is -3.83. The van der Waals surface area contributed by atoms with Crippen molar-refractivity contribution in [1.82, 2.24) is 10.2 Å². The van der Waals surface area contributed by atoms with Gasteiger partial charge in [0, 0.05) is 12.6 Å². The molecule has 1 N–H and O–H groups in total. The first-order chi connectivity index (χ1) is 19.0. The number of benzene rings is 3. The third kappa shape index (κ3) is 8.58. The number of amides is 2. The third-order valence-corrected chi connectivity index (χ3v) is 7.75. The summed E-state index contributed by atoms with van der Waals surface area (Å²) in [6, 6.07) is 22.6. The summed E-state index contributed by atoms with van der Waals surface area (Å²) in [4.78, 5) is 28.6. The molecule has 0 fully saturated rings. The van der Waals surface area contributed by atoms with E-state index in [2.05, 4.69) is 5.32 Å². The minimum Gasteiger partial charge on any atom is -0.457 e. The molecule has 0 heterocycles. The second-order valence-corrected chi connectivity index (χ2v) is 11.8. The van der Waals surface area contributed by atoms with Crippen LogP contribution in [0.5, 0.6) is 11.5 Å². The van der Waals surface area contributed by atoms with Gasteiger partial charge in [-0.1, -0.05) is 61.9 Å². The Labute approximate surface area is 238 Å². The van der Waals surface area contributed by atoms with Crippen molar-refractivity contribution in [2.75, 3.05) is 17.1 Å². The fraction of sp³-hybridized carbons (Fsp3) is 0.355. The molecule has 0 radical (unpaired) electrons. The van der Waals surface area contributed by atoms with Crippen molar-refractivity contribution < 1.29 is 22.7 Å². The Balaban J connectivity index is 1.90. The number of hydrogen-bond acceptors (Lipinski definition) is 5. The summed E-state index contributed by atoms with van der Waals surface area (Å²) in [6.45, 7) is 7.41. The topological polar surface area (TPSA) is 96.0 Å². The number of anilines is 1. The van der Waals surface area contributed by atoms with Crippen LogP contribution in [0.25, 0.3) is 0 Å². The van der Waals surface area contributed by atoms with Gasteiger partial charge in [0.25, 0.3) is 0 Å². The van der Waals surface area contributed by atoms with Crippen molar-refractivity contribution in [2.24, 2.45) is 0 Å². The average Bonchev–Trinajstić information content (AvgIpc) is 2.92. The van der Waals surface area contributed by atoms with Gasteiger partial charge in [-0.05, 0) is 68.7 Å². The largest absolute Gasteiger partial charge is 0.457 e. The fourth-order valence-electron chi connectivity index (χ4n) is 4.29. The van der Waals surface area contributed by atoms with Gasteiger partial charge in [0.2, 0.25) is 21.8 Å². The van der Waals surface area contributed by atoms with E-state index in [1.807, 2.05) is 82.3 Å². The van der Waals surface area contributed by atoms with Crippen molar-refractivity contribution >= 4 is 27.5 Å². The Morgan fingerprint density at radius 3 is 2.12 bits per heavy atom. The van der Waals surface area contributed by atoms with Crippen LogP contribution in [0.2, 0.25) is 0 Å². The van der Waals surface area contributed by atoms with Crippen molar-refractivity contribution in [1.29, 1.82) is 0 Å². The van der Waals surface area contributed by atoms with Crippen LogP contribution in [0.4, 0.5) is 5.69 Å². The summed E-state index contributed by atoms with van der Waals surface area (Å²) < 4.78 is 32.6. The predicted octanol–water partition coefficient (Wildman–Crippen LogP) is 5.28. The molecule has 0 spiro atoms. The van der Waals surface area contributed by atoms with Gasteiger partial charge in [0.1, 0.15) is 24.1 Å². The second kappa shape index (κ2) is 14.0. The monoisotopic (exact) mass is 565 g/mol. The highest BCUT2D eigenvalue weighted by molar-refractivity contribution is 7.92. The van der Waals surface area contributed by atoms with Crippen LogP contribution in [0, 0.1) is 6.92 Å². The molecule has 0 aromatic heterocycles. The summed E-state index contributed by atoms with van der Waals surface area (Å²) in [5.41, 5.74) is 2.21. The third-order valence-electron chi connectivity index (χ3n) is 6.61. The molecular formula is C31H39N3O5S. The zero-order valence-corrected chi connectivity index (χ0v) is 24.6. The number of nitrogens with one attached hydrogen (secondary N) is 1. The lowest BCUT2D eigenvalue weighted by Gasteiger charge is -2.33. The second-order valence-electron chi connectivity index (χ2n) is 9.93. The van der Waals surface area contributed by atoms with E-state index in [0.29, 0.717) is 23.6 Å². The maximum atomic E-state index is 13.8. The molecule has 3 aromatic rings. The zero-order valence-electron chi connectivity index (χ0n) is 23.8. The first-order valence-electron chi connectivity index (χ1n) is 13.5. The Hall–Kier alpha value is -3.85. The summed E-state index contributed by atoms with van der Waals surface area (Å²) in [6.07, 6.45) is 2.19. The first-order valence-corrected chi connectivity index (χ1v) is 15.3. The van der Waals surface area contributed by atoms with E-state index in [9.17, 15) is 18.0 Å². The molecule has 40 heavy (non-hydrogen) atoms. The van der Waals surface area contributed by atoms with Gasteiger partial charge >= 0.3 is 0 Å². The molecule has 214 valence electrons. The quantitative estimate of drug-likeness (QED) is 0.304. The highest BCUT2D eigenvalue weighted by Gasteiger charge is 2.32. The molecule has 0 aliphatic heterocycles. The number of carbonyl (C=O) groups is 2. The van der Waals surface area contributed by atoms with Gasteiger partial charge in [-0.15, -0.1) is 0 Å². The zero-order chi connectivity index (χ0) is 29.3. The van der Waals surface area contributed by atoms with Crippen LogP contribution >= 0.6 is 0 Å². The standard InChI is InChI=1S/C31H39N3O5S/c1-6-24(4)32-31(36)29(7-2)33(21-25-13-11-12-23(3)20-25)30(35)22-34(40(5,37)38)26-16-18-28(19-17-26)39-27-14-9-8-10-15-27/h8-20,24,29H,6-7,21-22H2,1-5H3,(H,32,36)/t24-,29-/m0/s1. The number of ether oxygens (including phenoxy) is 1. The lowest BCUT2D eigenvalue weighted by Crippen LogP contribution is -2.53. The highest BCUT2D eigenvalue weighted by Crippen LogP contribution is 2.26. The summed E-state index contributed by atoms with van der Waals surface area (Å²) in [7, 11) is -3.83. The smallest absolute Gasteiger partial charge is 0.244 e. The van der Waals surface area contributed by atoms with Crippen LogP contribution in [-0.2, 0) is 26.2 Å². The molecular weight excluding hydrogens is 526 g/mol. The summed E-state index contributed by atoms with van der Waals surface area (Å²) in [5, 5.41) is 2.98. The van der Waals surface area contributed by atoms with Crippen LogP contribution < -0.4 is 14.4 Å². The number of aryl methyl sites for hydroxylation is 1. The van der Waals surface area contributed by atoms with Gasteiger partial charge < -0.3 is 15.0 Å². The van der Waals surface area contributed by atoms with Crippen LogP contribution in [0.3, 0.4) is 0 Å². The van der Waals surface area contributed by atoms with Crippen molar-refractivity contribution in [3.05, 3.63) is 90.0 Å². The molecule has 0 aliphatic rings. The molecule has 2 atom stereocenters. The maximum absolute atomic E-state index is 13.8. The van der Waals surface area contributed by atoms with Gasteiger partial charge in [0.05, 0.1) is 11.9 Å².